The van der Waals surface area contributed by atoms with E-state index in [1.807, 2.05) is 30.5 Å². The Morgan fingerprint density at radius 3 is 2.67 bits per heavy atom. The van der Waals surface area contributed by atoms with Gasteiger partial charge in [0.2, 0.25) is 0 Å². The molecule has 0 radical (unpaired) electrons. The van der Waals surface area contributed by atoms with E-state index in [1.54, 1.807) is 0 Å². The van der Waals surface area contributed by atoms with Gasteiger partial charge in [-0.15, -0.1) is 0 Å². The summed E-state index contributed by atoms with van der Waals surface area (Å²) in [5, 5.41) is 0. The van der Waals surface area contributed by atoms with Crippen LogP contribution in [0.15, 0.2) is 30.5 Å². The summed E-state index contributed by atoms with van der Waals surface area (Å²) < 4.78 is 5.96. The van der Waals surface area contributed by atoms with Crippen LogP contribution in [0.3, 0.4) is 0 Å². The van der Waals surface area contributed by atoms with E-state index in [9.17, 15) is 0 Å². The van der Waals surface area contributed by atoms with Gasteiger partial charge in [-0.2, -0.15) is 0 Å². The molecule has 2 N–H and O–H groups in total. The van der Waals surface area contributed by atoms with Crippen molar-refractivity contribution in [3.8, 4) is 0 Å². The Balaban J connectivity index is 1.52. The Kier molecular flexibility index (Phi) is 3.05. The molecule has 5 heteroatoms. The highest BCUT2D eigenvalue weighted by atomic mass is 16.5. The fourth-order valence-corrected chi connectivity index (χ4v) is 3.47. The Hall–Kier alpha value is -1.72. The van der Waals surface area contributed by atoms with Crippen molar-refractivity contribution in [2.45, 2.75) is 30.9 Å². The van der Waals surface area contributed by atoms with Gasteiger partial charge in [-0.3, -0.25) is 4.98 Å². The Morgan fingerprint density at radius 2 is 1.95 bits per heavy atom. The standard InChI is InChI=1S/C16H20N4O/c17-12-9-16(21-11-12)5-7-20(8-6-16)15-10-18-13-3-1-2-4-14(13)19-15/h1-4,10,12H,5-9,11,17H2. The maximum atomic E-state index is 5.99. The highest BCUT2D eigenvalue weighted by Crippen LogP contribution is 2.36. The molecule has 2 fully saturated rings. The van der Waals surface area contributed by atoms with Gasteiger partial charge in [0.05, 0.1) is 29.4 Å². The molecule has 2 aliphatic heterocycles. The molecule has 1 aromatic carbocycles. The van der Waals surface area contributed by atoms with Gasteiger partial charge in [0, 0.05) is 19.1 Å². The second kappa shape index (κ2) is 4.93. The second-order valence-electron chi connectivity index (χ2n) is 6.16. The molecule has 21 heavy (non-hydrogen) atoms. The maximum Gasteiger partial charge on any atom is 0.147 e. The first-order valence-electron chi connectivity index (χ1n) is 7.60. The zero-order chi connectivity index (χ0) is 14.3. The number of para-hydroxylation sites is 2. The molecule has 1 unspecified atom stereocenters. The molecule has 2 saturated heterocycles. The first-order chi connectivity index (χ1) is 10.2. The lowest BCUT2D eigenvalue weighted by Crippen LogP contribution is -2.44. The third kappa shape index (κ3) is 2.36. The molecule has 1 aromatic heterocycles. The SMILES string of the molecule is NC1COC2(CCN(c3cnc4ccccc4n3)CC2)C1. The van der Waals surface area contributed by atoms with Gasteiger partial charge in [0.25, 0.3) is 0 Å². The molecule has 4 rings (SSSR count). The number of anilines is 1. The van der Waals surface area contributed by atoms with Crippen molar-refractivity contribution in [1.29, 1.82) is 0 Å². The number of hydrogen-bond acceptors (Lipinski definition) is 5. The van der Waals surface area contributed by atoms with E-state index in [1.165, 1.54) is 0 Å². The average Bonchev–Trinajstić information content (AvgIpc) is 2.88. The lowest BCUT2D eigenvalue weighted by molar-refractivity contribution is -0.0149. The van der Waals surface area contributed by atoms with Crippen molar-refractivity contribution < 1.29 is 4.74 Å². The van der Waals surface area contributed by atoms with Gasteiger partial charge in [-0.1, -0.05) is 12.1 Å². The van der Waals surface area contributed by atoms with Crippen molar-refractivity contribution in [2.75, 3.05) is 24.6 Å². The number of aromatic nitrogens is 2. The summed E-state index contributed by atoms with van der Waals surface area (Å²) in [5.41, 5.74) is 7.90. The van der Waals surface area contributed by atoms with E-state index in [-0.39, 0.29) is 11.6 Å². The van der Waals surface area contributed by atoms with Crippen molar-refractivity contribution in [1.82, 2.24) is 9.97 Å². The summed E-state index contributed by atoms with van der Waals surface area (Å²) in [6.07, 6.45) is 4.91. The van der Waals surface area contributed by atoms with Crippen LogP contribution in [0.25, 0.3) is 11.0 Å². The van der Waals surface area contributed by atoms with Gasteiger partial charge >= 0.3 is 0 Å². The third-order valence-electron chi connectivity index (χ3n) is 4.67. The van der Waals surface area contributed by atoms with Crippen LogP contribution in [0.5, 0.6) is 0 Å². The minimum absolute atomic E-state index is 0.0141. The van der Waals surface area contributed by atoms with E-state index in [2.05, 4.69) is 9.88 Å². The number of hydrogen-bond donors (Lipinski definition) is 1. The summed E-state index contributed by atoms with van der Waals surface area (Å²) in [6.45, 7) is 2.62. The maximum absolute atomic E-state index is 5.99. The summed E-state index contributed by atoms with van der Waals surface area (Å²) in [5.74, 6) is 0.964. The normalized spacial score (nSPS) is 24.8. The molecule has 5 nitrogen and oxygen atoms in total. The Bertz CT molecular complexity index is 652. The van der Waals surface area contributed by atoms with E-state index in [0.29, 0.717) is 6.61 Å². The largest absolute Gasteiger partial charge is 0.373 e. The predicted molar refractivity (Wildman–Crippen MR) is 82.3 cm³/mol. The molecule has 0 aliphatic carbocycles. The third-order valence-corrected chi connectivity index (χ3v) is 4.67. The molecule has 0 bridgehead atoms. The van der Waals surface area contributed by atoms with Crippen molar-refractivity contribution >= 4 is 16.9 Å². The van der Waals surface area contributed by atoms with Crippen molar-refractivity contribution in [3.63, 3.8) is 0 Å². The number of benzene rings is 1. The fraction of sp³-hybridized carbons (Fsp3) is 0.500. The molecule has 2 aromatic rings. The molecule has 0 amide bonds. The van der Waals surface area contributed by atoms with E-state index < -0.39 is 0 Å². The zero-order valence-corrected chi connectivity index (χ0v) is 12.0. The van der Waals surface area contributed by atoms with Crippen LogP contribution in [0.2, 0.25) is 0 Å². The van der Waals surface area contributed by atoms with Gasteiger partial charge in [-0.05, 0) is 31.4 Å². The van der Waals surface area contributed by atoms with Crippen LogP contribution in [-0.4, -0.2) is 41.3 Å². The van der Waals surface area contributed by atoms with Crippen LogP contribution in [0.4, 0.5) is 5.82 Å². The number of ether oxygens (including phenoxy) is 1. The molecule has 2 aliphatic rings. The van der Waals surface area contributed by atoms with Gasteiger partial charge in [-0.25, -0.2) is 4.98 Å². The van der Waals surface area contributed by atoms with Gasteiger partial charge in [0.15, 0.2) is 0 Å². The number of nitrogens with zero attached hydrogens (tertiary/aromatic N) is 3. The fourth-order valence-electron chi connectivity index (χ4n) is 3.47. The zero-order valence-electron chi connectivity index (χ0n) is 12.0. The van der Waals surface area contributed by atoms with Crippen LogP contribution >= 0.6 is 0 Å². The molecule has 0 saturated carbocycles. The van der Waals surface area contributed by atoms with E-state index >= 15 is 0 Å². The molecule has 1 spiro atoms. The summed E-state index contributed by atoms with van der Waals surface area (Å²) in [6, 6.07) is 8.19. The highest BCUT2D eigenvalue weighted by molar-refractivity contribution is 5.75. The average molecular weight is 284 g/mol. The van der Waals surface area contributed by atoms with E-state index in [0.717, 1.165) is 49.2 Å². The monoisotopic (exact) mass is 284 g/mol. The van der Waals surface area contributed by atoms with Crippen molar-refractivity contribution in [2.24, 2.45) is 5.73 Å². The molecule has 3 heterocycles. The van der Waals surface area contributed by atoms with Crippen LogP contribution in [-0.2, 0) is 4.74 Å². The highest BCUT2D eigenvalue weighted by Gasteiger charge is 2.41. The lowest BCUT2D eigenvalue weighted by atomic mass is 9.87. The quantitative estimate of drug-likeness (QED) is 0.863. The predicted octanol–water partition coefficient (Wildman–Crippen LogP) is 1.72. The van der Waals surface area contributed by atoms with Gasteiger partial charge < -0.3 is 15.4 Å². The van der Waals surface area contributed by atoms with Gasteiger partial charge in [0.1, 0.15) is 5.82 Å². The Morgan fingerprint density at radius 1 is 1.19 bits per heavy atom. The number of fused-ring (bicyclic) bond motifs is 1. The summed E-state index contributed by atoms with van der Waals surface area (Å²) >= 11 is 0. The van der Waals surface area contributed by atoms with Crippen molar-refractivity contribution in [3.05, 3.63) is 30.5 Å². The molecular weight excluding hydrogens is 264 g/mol. The minimum Gasteiger partial charge on any atom is -0.373 e. The smallest absolute Gasteiger partial charge is 0.147 e. The first-order valence-corrected chi connectivity index (χ1v) is 7.60. The van der Waals surface area contributed by atoms with Crippen LogP contribution in [0.1, 0.15) is 19.3 Å². The Labute approximate surface area is 124 Å². The first kappa shape index (κ1) is 13.0. The second-order valence-corrected chi connectivity index (χ2v) is 6.16. The van der Waals surface area contributed by atoms with E-state index in [4.69, 9.17) is 15.5 Å². The summed E-state index contributed by atoms with van der Waals surface area (Å²) in [4.78, 5) is 11.5. The molecular formula is C16H20N4O. The number of rotatable bonds is 1. The lowest BCUT2D eigenvalue weighted by Gasteiger charge is -2.39. The van der Waals surface area contributed by atoms with Crippen LogP contribution < -0.4 is 10.6 Å². The van der Waals surface area contributed by atoms with Crippen LogP contribution in [0, 0.1) is 0 Å². The summed E-state index contributed by atoms with van der Waals surface area (Å²) in [7, 11) is 0. The molecule has 110 valence electrons. The number of piperidine rings is 1. The minimum atomic E-state index is 0.0141. The topological polar surface area (TPSA) is 64.3 Å². The number of nitrogens with two attached hydrogens (primary N) is 1. The molecule has 1 atom stereocenters.